The zero-order chi connectivity index (χ0) is 17.2. The number of carbonyl (C=O) groups is 1. The summed E-state index contributed by atoms with van der Waals surface area (Å²) >= 11 is 6.01. The summed E-state index contributed by atoms with van der Waals surface area (Å²) in [5.41, 5.74) is -0.519. The average Bonchev–Trinajstić information content (AvgIpc) is 2.91. The first kappa shape index (κ1) is 18.2. The molecule has 2 rings (SSSR count). The highest BCUT2D eigenvalue weighted by Crippen LogP contribution is 2.27. The van der Waals surface area contributed by atoms with Gasteiger partial charge in [-0.25, -0.2) is 4.39 Å². The molecule has 1 amide bonds. The summed E-state index contributed by atoms with van der Waals surface area (Å²) in [6.45, 7) is 4.67. The Bertz CT molecular complexity index is 554. The lowest BCUT2D eigenvalue weighted by Gasteiger charge is -2.34. The fourth-order valence-electron chi connectivity index (χ4n) is 3.12. The van der Waals surface area contributed by atoms with E-state index in [-0.39, 0.29) is 25.0 Å². The normalized spacial score (nSPS) is 19.1. The van der Waals surface area contributed by atoms with Crippen LogP contribution in [0.25, 0.3) is 0 Å². The maximum absolute atomic E-state index is 13.8. The molecule has 0 saturated carbocycles. The Balaban J connectivity index is 2.00. The quantitative estimate of drug-likeness (QED) is 0.894. The summed E-state index contributed by atoms with van der Waals surface area (Å²) in [4.78, 5) is 15.9. The van der Waals surface area contributed by atoms with Crippen LogP contribution < -0.4 is 0 Å². The van der Waals surface area contributed by atoms with E-state index in [0.29, 0.717) is 10.6 Å². The number of hydrogen-bond acceptors (Lipinski definition) is 3. The number of benzene rings is 1. The Morgan fingerprint density at radius 3 is 2.83 bits per heavy atom. The first-order valence-electron chi connectivity index (χ1n) is 7.83. The van der Waals surface area contributed by atoms with Crippen molar-refractivity contribution in [2.75, 3.05) is 20.1 Å². The van der Waals surface area contributed by atoms with E-state index < -0.39 is 11.4 Å². The third-order valence-corrected chi connectivity index (χ3v) is 4.75. The fourth-order valence-corrected chi connectivity index (χ4v) is 3.34. The zero-order valence-corrected chi connectivity index (χ0v) is 14.6. The van der Waals surface area contributed by atoms with Crippen molar-refractivity contribution in [2.24, 2.45) is 0 Å². The number of likely N-dealkylation sites (N-methyl/N-ethyl adjacent to an activating group) is 1. The molecule has 0 radical (unpaired) electrons. The second-order valence-electron chi connectivity index (χ2n) is 6.73. The molecule has 1 aromatic carbocycles. The van der Waals surface area contributed by atoms with Gasteiger partial charge >= 0.3 is 0 Å². The number of likely N-dealkylation sites (tertiary alicyclic amines) is 1. The van der Waals surface area contributed by atoms with Crippen molar-refractivity contribution < 1.29 is 14.3 Å². The van der Waals surface area contributed by atoms with Crippen LogP contribution in [0.15, 0.2) is 18.2 Å². The molecule has 1 heterocycles. The summed E-state index contributed by atoms with van der Waals surface area (Å²) < 4.78 is 13.8. The van der Waals surface area contributed by atoms with E-state index in [4.69, 9.17) is 11.6 Å². The van der Waals surface area contributed by atoms with Gasteiger partial charge in [0.15, 0.2) is 0 Å². The zero-order valence-electron chi connectivity index (χ0n) is 13.9. The van der Waals surface area contributed by atoms with E-state index in [1.54, 1.807) is 33.0 Å². The molecule has 23 heavy (non-hydrogen) atoms. The highest BCUT2D eigenvalue weighted by atomic mass is 35.5. The number of carbonyl (C=O) groups excluding carboxylic acids is 1. The van der Waals surface area contributed by atoms with Gasteiger partial charge in [0.05, 0.1) is 12.1 Å². The van der Waals surface area contributed by atoms with Crippen LogP contribution in [-0.2, 0) is 11.3 Å². The van der Waals surface area contributed by atoms with E-state index in [1.807, 2.05) is 4.90 Å². The minimum atomic E-state index is -0.843. The van der Waals surface area contributed by atoms with Gasteiger partial charge in [-0.15, -0.1) is 0 Å². The van der Waals surface area contributed by atoms with Crippen LogP contribution >= 0.6 is 11.6 Å². The summed E-state index contributed by atoms with van der Waals surface area (Å²) in [7, 11) is 1.64. The number of hydrogen-bond donors (Lipinski definition) is 1. The molecule has 1 aliphatic heterocycles. The third kappa shape index (κ3) is 4.43. The van der Waals surface area contributed by atoms with Crippen LogP contribution in [0.1, 0.15) is 32.3 Å². The van der Waals surface area contributed by atoms with Crippen molar-refractivity contribution in [2.45, 2.75) is 44.9 Å². The monoisotopic (exact) mass is 342 g/mol. The molecular weight excluding hydrogens is 319 g/mol. The van der Waals surface area contributed by atoms with E-state index in [1.165, 1.54) is 11.0 Å². The van der Waals surface area contributed by atoms with Crippen molar-refractivity contribution in [3.8, 4) is 0 Å². The SMILES string of the molecule is CN(Cc1c(F)cccc1Cl)C(=O)CN1CCCC1C(C)(C)O. The van der Waals surface area contributed by atoms with Gasteiger partial charge in [0.1, 0.15) is 5.82 Å². The number of nitrogens with zero attached hydrogens (tertiary/aromatic N) is 2. The van der Waals surface area contributed by atoms with Crippen LogP contribution in [0, 0.1) is 5.82 Å². The van der Waals surface area contributed by atoms with Gasteiger partial charge in [0, 0.05) is 30.2 Å². The van der Waals surface area contributed by atoms with Gasteiger partial charge < -0.3 is 10.0 Å². The second kappa shape index (κ2) is 7.16. The van der Waals surface area contributed by atoms with E-state index >= 15 is 0 Å². The molecule has 6 heteroatoms. The van der Waals surface area contributed by atoms with Crippen molar-refractivity contribution in [3.63, 3.8) is 0 Å². The summed E-state index contributed by atoms with van der Waals surface area (Å²) in [5, 5.41) is 10.5. The van der Waals surface area contributed by atoms with Crippen LogP contribution in [0.2, 0.25) is 5.02 Å². The average molecular weight is 343 g/mol. The van der Waals surface area contributed by atoms with Gasteiger partial charge in [0.25, 0.3) is 0 Å². The largest absolute Gasteiger partial charge is 0.389 e. The second-order valence-corrected chi connectivity index (χ2v) is 7.14. The molecule has 0 bridgehead atoms. The third-order valence-electron chi connectivity index (χ3n) is 4.40. The Morgan fingerprint density at radius 1 is 1.52 bits per heavy atom. The van der Waals surface area contributed by atoms with Gasteiger partial charge in [-0.3, -0.25) is 9.69 Å². The molecule has 0 spiro atoms. The molecule has 1 aromatic rings. The number of amides is 1. The molecule has 0 aromatic heterocycles. The van der Waals surface area contributed by atoms with Crippen LogP contribution in [-0.4, -0.2) is 52.6 Å². The molecule has 1 aliphatic rings. The summed E-state index contributed by atoms with van der Waals surface area (Å²) in [5.74, 6) is -0.520. The van der Waals surface area contributed by atoms with Crippen LogP contribution in [0.5, 0.6) is 0 Å². The Hall–Kier alpha value is -1.17. The fraction of sp³-hybridized carbons (Fsp3) is 0.588. The molecule has 1 N–H and O–H groups in total. The van der Waals surface area contributed by atoms with Crippen LogP contribution in [0.4, 0.5) is 4.39 Å². The van der Waals surface area contributed by atoms with Crippen molar-refractivity contribution in [1.29, 1.82) is 0 Å². The molecule has 1 atom stereocenters. The predicted molar refractivity (Wildman–Crippen MR) is 88.8 cm³/mol. The van der Waals surface area contributed by atoms with Crippen molar-refractivity contribution in [1.82, 2.24) is 9.80 Å². The van der Waals surface area contributed by atoms with E-state index in [0.717, 1.165) is 19.4 Å². The number of aliphatic hydroxyl groups is 1. The van der Waals surface area contributed by atoms with E-state index in [2.05, 4.69) is 0 Å². The number of rotatable bonds is 5. The van der Waals surface area contributed by atoms with Gasteiger partial charge in [-0.2, -0.15) is 0 Å². The Morgan fingerprint density at radius 2 is 2.22 bits per heavy atom. The Kier molecular flexibility index (Phi) is 5.65. The minimum absolute atomic E-state index is 0.0306. The molecule has 1 fully saturated rings. The highest BCUT2D eigenvalue weighted by Gasteiger charge is 2.36. The maximum atomic E-state index is 13.8. The lowest BCUT2D eigenvalue weighted by molar-refractivity contribution is -0.133. The summed E-state index contributed by atoms with van der Waals surface area (Å²) in [6.07, 6.45) is 1.84. The topological polar surface area (TPSA) is 43.8 Å². The van der Waals surface area contributed by atoms with E-state index in [9.17, 15) is 14.3 Å². The predicted octanol–water partition coefficient (Wildman–Crippen LogP) is 2.67. The molecule has 4 nitrogen and oxygen atoms in total. The molecule has 1 unspecified atom stereocenters. The molecule has 1 saturated heterocycles. The van der Waals surface area contributed by atoms with Crippen molar-refractivity contribution in [3.05, 3.63) is 34.6 Å². The first-order chi connectivity index (χ1) is 10.7. The summed E-state index contributed by atoms with van der Waals surface area (Å²) in [6, 6.07) is 4.46. The number of halogens is 2. The lowest BCUT2D eigenvalue weighted by atomic mass is 9.97. The minimum Gasteiger partial charge on any atom is -0.389 e. The first-order valence-corrected chi connectivity index (χ1v) is 8.21. The molecule has 128 valence electrons. The Labute approximate surface area is 141 Å². The van der Waals surface area contributed by atoms with Gasteiger partial charge in [0.2, 0.25) is 5.91 Å². The molecule has 0 aliphatic carbocycles. The standard InChI is InChI=1S/C17H24ClFN2O2/c1-17(2,23)15-8-5-9-21(15)11-16(22)20(3)10-12-13(18)6-4-7-14(12)19/h4,6-7,15,23H,5,8-11H2,1-3H3. The van der Waals surface area contributed by atoms with Gasteiger partial charge in [-0.1, -0.05) is 17.7 Å². The maximum Gasteiger partial charge on any atom is 0.236 e. The van der Waals surface area contributed by atoms with Crippen molar-refractivity contribution >= 4 is 17.5 Å². The smallest absolute Gasteiger partial charge is 0.236 e. The molecular formula is C17H24ClFN2O2. The lowest BCUT2D eigenvalue weighted by Crippen LogP contribution is -2.49. The van der Waals surface area contributed by atoms with Crippen LogP contribution in [0.3, 0.4) is 0 Å². The van der Waals surface area contributed by atoms with Gasteiger partial charge in [-0.05, 0) is 45.4 Å². The highest BCUT2D eigenvalue weighted by molar-refractivity contribution is 6.31.